The highest BCUT2D eigenvalue weighted by Gasteiger charge is 2.40. The highest BCUT2D eigenvalue weighted by Crippen LogP contribution is 2.31. The second-order valence-electron chi connectivity index (χ2n) is 5.08. The predicted octanol–water partition coefficient (Wildman–Crippen LogP) is 2.28. The zero-order valence-electron chi connectivity index (χ0n) is 12.6. The molecule has 2 rings (SSSR count). The van der Waals surface area contributed by atoms with E-state index >= 15 is 0 Å². The van der Waals surface area contributed by atoms with Crippen LogP contribution in [0.5, 0.6) is 5.75 Å². The molecule has 0 bridgehead atoms. The van der Waals surface area contributed by atoms with E-state index in [1.54, 1.807) is 24.3 Å². The van der Waals surface area contributed by atoms with Crippen LogP contribution in [0, 0.1) is 5.92 Å². The van der Waals surface area contributed by atoms with E-state index in [1.165, 1.54) is 7.11 Å². The molecule has 0 radical (unpaired) electrons. The monoisotopic (exact) mass is 344 g/mol. The fourth-order valence-electron chi connectivity index (χ4n) is 2.29. The number of alkyl halides is 3. The molecule has 2 atom stereocenters. The number of amides is 2. The summed E-state index contributed by atoms with van der Waals surface area (Å²) in [6.45, 7) is 1.83. The van der Waals surface area contributed by atoms with Crippen LogP contribution >= 0.6 is 0 Å². The van der Waals surface area contributed by atoms with Crippen molar-refractivity contribution in [2.24, 2.45) is 5.92 Å². The highest BCUT2D eigenvalue weighted by molar-refractivity contribution is 5.85. The summed E-state index contributed by atoms with van der Waals surface area (Å²) < 4.78 is 46.1. The van der Waals surface area contributed by atoms with Crippen LogP contribution in [0.1, 0.15) is 11.6 Å². The Hall–Kier alpha value is -2.71. The number of halogens is 3. The number of methoxy groups -OCH3 is 1. The topological polar surface area (TPSA) is 76.7 Å². The van der Waals surface area contributed by atoms with E-state index in [0.29, 0.717) is 11.3 Å². The first-order chi connectivity index (χ1) is 11.2. The third-order valence-corrected chi connectivity index (χ3v) is 3.38. The number of nitrogens with one attached hydrogen (secondary N) is 2. The Bertz CT molecular complexity index is 643. The Labute approximate surface area is 135 Å². The van der Waals surface area contributed by atoms with Crippen molar-refractivity contribution < 1.29 is 32.2 Å². The molecular formula is C15H15F3N2O4. The molecule has 6 nitrogen and oxygen atoms in total. The molecule has 0 aliphatic carbocycles. The van der Waals surface area contributed by atoms with Crippen LogP contribution in [0.4, 0.5) is 18.0 Å². The van der Waals surface area contributed by atoms with Gasteiger partial charge in [-0.3, -0.25) is 4.79 Å². The average molecular weight is 344 g/mol. The number of benzene rings is 1. The van der Waals surface area contributed by atoms with Crippen molar-refractivity contribution in [2.75, 3.05) is 13.7 Å². The van der Waals surface area contributed by atoms with Crippen LogP contribution in [-0.4, -0.2) is 31.9 Å². The third-order valence-electron chi connectivity index (χ3n) is 3.38. The summed E-state index contributed by atoms with van der Waals surface area (Å²) in [5, 5.41) is 4.77. The molecule has 1 heterocycles. The number of urea groups is 1. The zero-order chi connectivity index (χ0) is 17.9. The van der Waals surface area contributed by atoms with Crippen LogP contribution in [0.3, 0.4) is 0 Å². The summed E-state index contributed by atoms with van der Waals surface area (Å²) in [4.78, 5) is 23.7. The Morgan fingerprint density at radius 2 is 1.92 bits per heavy atom. The molecule has 1 fully saturated rings. The normalized spacial score (nSPS) is 20.8. The van der Waals surface area contributed by atoms with Gasteiger partial charge in [-0.1, -0.05) is 18.7 Å². The maximum Gasteiger partial charge on any atom is 0.422 e. The summed E-state index contributed by atoms with van der Waals surface area (Å²) in [5.74, 6) is -1.78. The number of carbonyl (C=O) groups is 2. The zero-order valence-corrected chi connectivity index (χ0v) is 12.6. The second kappa shape index (κ2) is 6.81. The first kappa shape index (κ1) is 17.6. The van der Waals surface area contributed by atoms with Gasteiger partial charge in [0.1, 0.15) is 11.7 Å². The summed E-state index contributed by atoms with van der Waals surface area (Å²) in [7, 11) is 1.47. The molecule has 24 heavy (non-hydrogen) atoms. The largest absolute Gasteiger partial charge is 0.497 e. The van der Waals surface area contributed by atoms with Gasteiger partial charge in [0.25, 0.3) is 0 Å². The van der Waals surface area contributed by atoms with Crippen molar-refractivity contribution in [1.29, 1.82) is 0 Å². The lowest BCUT2D eigenvalue weighted by atomic mass is 9.89. The molecule has 1 aliphatic heterocycles. The quantitative estimate of drug-likeness (QED) is 0.822. The van der Waals surface area contributed by atoms with E-state index in [9.17, 15) is 22.8 Å². The van der Waals surface area contributed by atoms with Crippen LogP contribution in [-0.2, 0) is 9.53 Å². The maximum atomic E-state index is 12.2. The van der Waals surface area contributed by atoms with E-state index in [-0.39, 0.29) is 5.70 Å². The molecule has 1 aromatic rings. The lowest BCUT2D eigenvalue weighted by molar-refractivity contribution is -0.189. The predicted molar refractivity (Wildman–Crippen MR) is 77.0 cm³/mol. The molecule has 1 aliphatic rings. The van der Waals surface area contributed by atoms with Gasteiger partial charge >= 0.3 is 18.2 Å². The molecule has 2 amide bonds. The van der Waals surface area contributed by atoms with Gasteiger partial charge in [-0.2, -0.15) is 13.2 Å². The first-order valence-corrected chi connectivity index (χ1v) is 6.85. The number of hydrogen-bond donors (Lipinski definition) is 2. The van der Waals surface area contributed by atoms with Crippen molar-refractivity contribution in [3.05, 3.63) is 42.1 Å². The van der Waals surface area contributed by atoms with E-state index in [0.717, 1.165) is 0 Å². The first-order valence-electron chi connectivity index (χ1n) is 6.85. The molecular weight excluding hydrogens is 329 g/mol. The van der Waals surface area contributed by atoms with Gasteiger partial charge in [0.15, 0.2) is 6.61 Å². The lowest BCUT2D eigenvalue weighted by Gasteiger charge is -2.33. The van der Waals surface area contributed by atoms with E-state index in [2.05, 4.69) is 21.9 Å². The summed E-state index contributed by atoms with van der Waals surface area (Å²) >= 11 is 0. The molecule has 0 spiro atoms. The second-order valence-corrected chi connectivity index (χ2v) is 5.08. The fourth-order valence-corrected chi connectivity index (χ4v) is 2.29. The fraction of sp³-hybridized carbons (Fsp3) is 0.333. The minimum Gasteiger partial charge on any atom is -0.497 e. The Morgan fingerprint density at radius 3 is 2.46 bits per heavy atom. The number of hydrogen-bond acceptors (Lipinski definition) is 4. The van der Waals surface area contributed by atoms with Crippen molar-refractivity contribution >= 4 is 12.0 Å². The standard InChI is InChI=1S/C15H15F3N2O4/c1-8-11(13(21)24-7-15(16,17)18)12(20-14(22)19-8)9-3-5-10(23-2)6-4-9/h3-6,11-12H,1,7H2,2H3,(H2,19,20,22). The number of ether oxygens (including phenoxy) is 2. The highest BCUT2D eigenvalue weighted by atomic mass is 19.4. The van der Waals surface area contributed by atoms with Crippen LogP contribution < -0.4 is 15.4 Å². The van der Waals surface area contributed by atoms with Gasteiger partial charge in [-0.25, -0.2) is 4.79 Å². The molecule has 0 saturated carbocycles. The SMILES string of the molecule is C=C1NC(=O)NC(c2ccc(OC)cc2)C1C(=O)OCC(F)(F)F. The van der Waals surface area contributed by atoms with E-state index in [4.69, 9.17) is 4.74 Å². The van der Waals surface area contributed by atoms with Crippen LogP contribution in [0.15, 0.2) is 36.5 Å². The van der Waals surface area contributed by atoms with Crippen LogP contribution in [0.2, 0.25) is 0 Å². The molecule has 130 valence electrons. The van der Waals surface area contributed by atoms with Crippen molar-refractivity contribution in [1.82, 2.24) is 10.6 Å². The third kappa shape index (κ3) is 4.18. The van der Waals surface area contributed by atoms with E-state index < -0.39 is 36.7 Å². The van der Waals surface area contributed by atoms with Crippen molar-refractivity contribution in [2.45, 2.75) is 12.2 Å². The number of esters is 1. The summed E-state index contributed by atoms with van der Waals surface area (Å²) in [6.07, 6.45) is -4.64. The summed E-state index contributed by atoms with van der Waals surface area (Å²) in [5.41, 5.74) is 0.465. The van der Waals surface area contributed by atoms with Gasteiger partial charge < -0.3 is 20.1 Å². The molecule has 2 unspecified atom stereocenters. The van der Waals surface area contributed by atoms with Crippen molar-refractivity contribution in [3.8, 4) is 5.75 Å². The van der Waals surface area contributed by atoms with E-state index in [1.807, 2.05) is 0 Å². The minimum atomic E-state index is -4.64. The number of carbonyl (C=O) groups excluding carboxylic acids is 2. The van der Waals surface area contributed by atoms with Gasteiger partial charge in [-0.15, -0.1) is 0 Å². The summed E-state index contributed by atoms with van der Waals surface area (Å²) in [6, 6.07) is 4.87. The molecule has 1 saturated heterocycles. The average Bonchev–Trinajstić information content (AvgIpc) is 2.51. The van der Waals surface area contributed by atoms with Gasteiger partial charge in [0, 0.05) is 5.70 Å². The Morgan fingerprint density at radius 1 is 1.29 bits per heavy atom. The van der Waals surface area contributed by atoms with Gasteiger partial charge in [0.05, 0.1) is 13.2 Å². The smallest absolute Gasteiger partial charge is 0.422 e. The van der Waals surface area contributed by atoms with Crippen LogP contribution in [0.25, 0.3) is 0 Å². The molecule has 2 N–H and O–H groups in total. The lowest BCUT2D eigenvalue weighted by Crippen LogP contribution is -2.51. The Kier molecular flexibility index (Phi) is 5.01. The Balaban J connectivity index is 2.24. The number of rotatable bonds is 4. The van der Waals surface area contributed by atoms with Gasteiger partial charge in [0.2, 0.25) is 0 Å². The van der Waals surface area contributed by atoms with Crippen molar-refractivity contribution in [3.63, 3.8) is 0 Å². The van der Waals surface area contributed by atoms with Gasteiger partial charge in [-0.05, 0) is 17.7 Å². The molecule has 1 aromatic carbocycles. The molecule has 9 heteroatoms. The maximum absolute atomic E-state index is 12.2. The molecule has 0 aromatic heterocycles. The minimum absolute atomic E-state index is 0.0354.